The number of halogens is 2. The summed E-state index contributed by atoms with van der Waals surface area (Å²) in [6.07, 6.45) is 5.59. The third-order valence-corrected chi connectivity index (χ3v) is 2.06. The summed E-state index contributed by atoms with van der Waals surface area (Å²) in [6, 6.07) is 0.565. The summed E-state index contributed by atoms with van der Waals surface area (Å²) in [6.45, 7) is 3.60. The van der Waals surface area contributed by atoms with E-state index in [-0.39, 0.29) is 64.9 Å². The Morgan fingerprint density at radius 1 is 1.00 bits per heavy atom. The van der Waals surface area contributed by atoms with Gasteiger partial charge in [-0.3, -0.25) is 0 Å². The monoisotopic (exact) mass is 529 g/mol. The minimum Gasteiger partial charge on any atom is -0.550 e. The molecular weight excluding hydrogens is 502 g/mol. The van der Waals surface area contributed by atoms with E-state index in [1.807, 2.05) is 0 Å². The topological polar surface area (TPSA) is 141 Å². The maximum Gasteiger partial charge on any atom is 2.00 e. The van der Waals surface area contributed by atoms with Crippen molar-refractivity contribution < 1.29 is 40.9 Å². The van der Waals surface area contributed by atoms with Gasteiger partial charge in [-0.05, 0) is 25.7 Å². The Balaban J connectivity index is -0.0000000367. The molecule has 0 heterocycles. The summed E-state index contributed by atoms with van der Waals surface area (Å²) in [4.78, 5) is 19.0. The Bertz CT molecular complexity index is 205. The average molecular weight is 530 g/mol. The van der Waals surface area contributed by atoms with E-state index in [2.05, 4.69) is 0 Å². The first-order valence-electron chi connectivity index (χ1n) is 6.09. The molecule has 0 saturated heterocycles. The van der Waals surface area contributed by atoms with Gasteiger partial charge in [0.25, 0.3) is 0 Å². The van der Waals surface area contributed by atoms with Crippen molar-refractivity contribution in [3.63, 3.8) is 0 Å². The summed E-state index contributed by atoms with van der Waals surface area (Å²) in [5, 5.41) is 19.0. The average Bonchev–Trinajstić information content (AvgIpc) is 2.16. The van der Waals surface area contributed by atoms with Gasteiger partial charge in [0.05, 0.1) is 0 Å². The second-order valence-electron chi connectivity index (χ2n) is 3.94. The van der Waals surface area contributed by atoms with Crippen LogP contribution in [-0.4, -0.2) is 18.0 Å². The SMILES string of the molecule is CCCC(=O)[O-].CCCC(=O)[O-].Cl.Cl.N.NC1CCC1.[Pt+2]. The maximum absolute atomic E-state index is 9.49. The van der Waals surface area contributed by atoms with Crippen LogP contribution >= 0.6 is 24.8 Å². The summed E-state index contributed by atoms with van der Waals surface area (Å²) < 4.78 is 0. The van der Waals surface area contributed by atoms with E-state index < -0.39 is 11.9 Å². The quantitative estimate of drug-likeness (QED) is 0.545. The standard InChI is InChI=1S/C4H9N.2C4H8O2.2ClH.H3N.Pt/c5-4-2-1-3-4;2*1-2-3-4(5)6;;;;/h4H,1-3,5H2;2*2-3H2,1H3,(H,5,6);2*1H;1H3;/q;;;;;;+2/p-2. The van der Waals surface area contributed by atoms with Crippen molar-refractivity contribution in [2.24, 2.45) is 5.73 Å². The summed E-state index contributed by atoms with van der Waals surface area (Å²) in [5.41, 5.74) is 5.38. The van der Waals surface area contributed by atoms with Gasteiger partial charge in [0.2, 0.25) is 0 Å². The Kier molecular flexibility index (Phi) is 50.4. The summed E-state index contributed by atoms with van der Waals surface area (Å²) >= 11 is 0. The Morgan fingerprint density at radius 3 is 1.24 bits per heavy atom. The minimum atomic E-state index is -0.961. The molecule has 21 heavy (non-hydrogen) atoms. The number of nitrogens with two attached hydrogens (primary N) is 1. The number of carboxylic acids is 2. The smallest absolute Gasteiger partial charge is 0.550 e. The zero-order chi connectivity index (χ0) is 13.7. The van der Waals surface area contributed by atoms with Crippen LogP contribution in [0.25, 0.3) is 0 Å². The third-order valence-electron chi connectivity index (χ3n) is 2.06. The van der Waals surface area contributed by atoms with Gasteiger partial charge in [0, 0.05) is 18.0 Å². The number of aliphatic carboxylic acids is 2. The molecule has 1 aliphatic rings. The number of carbonyl (C=O) groups is 2. The first kappa shape index (κ1) is 37.4. The number of hydrogen-bond acceptors (Lipinski definition) is 6. The van der Waals surface area contributed by atoms with E-state index in [9.17, 15) is 19.8 Å². The minimum absolute atomic E-state index is 0. The van der Waals surface area contributed by atoms with Gasteiger partial charge in [0.15, 0.2) is 0 Å². The summed E-state index contributed by atoms with van der Waals surface area (Å²) in [7, 11) is 0. The molecule has 0 aromatic heterocycles. The molecule has 1 fully saturated rings. The van der Waals surface area contributed by atoms with E-state index in [0.717, 1.165) is 0 Å². The fourth-order valence-corrected chi connectivity index (χ4v) is 0.848. The van der Waals surface area contributed by atoms with Gasteiger partial charge in [-0.2, -0.15) is 0 Å². The maximum atomic E-state index is 9.49. The van der Waals surface area contributed by atoms with Gasteiger partial charge in [-0.15, -0.1) is 24.8 Å². The molecule has 0 unspecified atom stereocenters. The Hall–Kier alpha value is 0.128. The van der Waals surface area contributed by atoms with Crippen LogP contribution in [0.1, 0.15) is 58.8 Å². The molecule has 0 aromatic rings. The molecule has 1 rings (SSSR count). The second-order valence-corrected chi connectivity index (χ2v) is 3.94. The van der Waals surface area contributed by atoms with Gasteiger partial charge in [0.1, 0.15) is 0 Å². The van der Waals surface area contributed by atoms with Crippen LogP contribution in [0.5, 0.6) is 0 Å². The Labute approximate surface area is 154 Å². The number of carbonyl (C=O) groups excluding carboxylic acids is 2. The van der Waals surface area contributed by atoms with Crippen LogP contribution in [0.4, 0.5) is 0 Å². The van der Waals surface area contributed by atoms with Crippen LogP contribution < -0.4 is 22.1 Å². The fraction of sp³-hybridized carbons (Fsp3) is 0.833. The largest absolute Gasteiger partial charge is 2.00 e. The molecule has 9 heteroatoms. The molecule has 0 spiro atoms. The van der Waals surface area contributed by atoms with E-state index in [0.29, 0.717) is 18.9 Å². The van der Waals surface area contributed by atoms with Crippen molar-refractivity contribution in [3.05, 3.63) is 0 Å². The molecule has 0 amide bonds. The van der Waals surface area contributed by atoms with Crippen LogP contribution in [0.3, 0.4) is 0 Å². The fourth-order valence-electron chi connectivity index (χ4n) is 0.848. The van der Waals surface area contributed by atoms with E-state index in [1.54, 1.807) is 13.8 Å². The first-order valence-corrected chi connectivity index (χ1v) is 6.09. The van der Waals surface area contributed by atoms with Crippen LogP contribution in [-0.2, 0) is 30.7 Å². The number of rotatable bonds is 4. The Morgan fingerprint density at radius 2 is 1.24 bits per heavy atom. The molecule has 6 nitrogen and oxygen atoms in total. The predicted octanol–water partition coefficient (Wildman–Crippen LogP) is 0.573. The molecule has 0 aromatic carbocycles. The molecule has 1 aliphatic carbocycles. The van der Waals surface area contributed by atoms with Crippen molar-refractivity contribution in [1.29, 1.82) is 0 Å². The van der Waals surface area contributed by atoms with E-state index in [1.165, 1.54) is 19.3 Å². The van der Waals surface area contributed by atoms with Gasteiger partial charge >= 0.3 is 21.1 Å². The molecule has 0 aliphatic heterocycles. The normalized spacial score (nSPS) is 10.8. The molecule has 134 valence electrons. The van der Waals surface area contributed by atoms with E-state index in [4.69, 9.17) is 5.73 Å². The third kappa shape index (κ3) is 45.0. The number of carboxylic acid groups (broad SMARTS) is 2. The van der Waals surface area contributed by atoms with Crippen molar-refractivity contribution in [3.8, 4) is 0 Å². The molecule has 1 saturated carbocycles. The second kappa shape index (κ2) is 28.3. The van der Waals surface area contributed by atoms with Crippen LogP contribution in [0, 0.1) is 0 Å². The van der Waals surface area contributed by atoms with E-state index >= 15 is 0 Å². The van der Waals surface area contributed by atoms with Crippen LogP contribution in [0.15, 0.2) is 0 Å². The van der Waals surface area contributed by atoms with Crippen LogP contribution in [0.2, 0.25) is 0 Å². The molecule has 0 radical (unpaired) electrons. The zero-order valence-corrected chi connectivity index (χ0v) is 16.5. The molecule has 5 N–H and O–H groups in total. The zero-order valence-electron chi connectivity index (χ0n) is 12.6. The van der Waals surface area contributed by atoms with Gasteiger partial charge in [-0.1, -0.05) is 33.1 Å². The van der Waals surface area contributed by atoms with Gasteiger partial charge < -0.3 is 31.7 Å². The van der Waals surface area contributed by atoms with Crippen molar-refractivity contribution in [2.45, 2.75) is 64.8 Å². The molecule has 0 atom stereocenters. The van der Waals surface area contributed by atoms with Crippen molar-refractivity contribution >= 4 is 36.8 Å². The van der Waals surface area contributed by atoms with Crippen molar-refractivity contribution in [1.82, 2.24) is 6.15 Å². The van der Waals surface area contributed by atoms with Crippen molar-refractivity contribution in [2.75, 3.05) is 0 Å². The van der Waals surface area contributed by atoms with Gasteiger partial charge in [-0.25, -0.2) is 0 Å². The number of hydrogen-bond donors (Lipinski definition) is 2. The molecular formula is C12H28Cl2N2O4Pt. The molecule has 0 bridgehead atoms. The first-order chi connectivity index (χ1) is 7.93. The summed E-state index contributed by atoms with van der Waals surface area (Å²) in [5.74, 6) is -1.92. The predicted molar refractivity (Wildman–Crippen MR) is 81.2 cm³/mol.